The van der Waals surface area contributed by atoms with Crippen LogP contribution in [0.15, 0.2) is 0 Å². The van der Waals surface area contributed by atoms with E-state index in [9.17, 15) is 4.79 Å². The van der Waals surface area contributed by atoms with E-state index in [0.29, 0.717) is 13.0 Å². The van der Waals surface area contributed by atoms with Gasteiger partial charge in [0.15, 0.2) is 5.82 Å². The summed E-state index contributed by atoms with van der Waals surface area (Å²) < 4.78 is 1.70. The highest BCUT2D eigenvalue weighted by Crippen LogP contribution is 2.18. The molecule has 17 heavy (non-hydrogen) atoms. The Balaban J connectivity index is 2.60. The monoisotopic (exact) mass is 240 g/mol. The van der Waals surface area contributed by atoms with Crippen LogP contribution in [0.25, 0.3) is 0 Å². The summed E-state index contributed by atoms with van der Waals surface area (Å²) in [7, 11) is 0. The molecule has 6 heteroatoms. The van der Waals surface area contributed by atoms with Crippen LogP contribution in [-0.4, -0.2) is 31.3 Å². The van der Waals surface area contributed by atoms with Gasteiger partial charge in [0, 0.05) is 13.0 Å². The molecule has 0 saturated carbocycles. The van der Waals surface area contributed by atoms with Crippen molar-refractivity contribution in [2.75, 3.05) is 0 Å². The van der Waals surface area contributed by atoms with Gasteiger partial charge < -0.3 is 5.11 Å². The molecule has 96 valence electrons. The van der Waals surface area contributed by atoms with Crippen LogP contribution < -0.4 is 0 Å². The summed E-state index contributed by atoms with van der Waals surface area (Å²) in [6, 6.07) is 0. The lowest BCUT2D eigenvalue weighted by molar-refractivity contribution is -0.141. The molecular formula is C11H20N4O2. The Kier molecular flexibility index (Phi) is 4.20. The quantitative estimate of drug-likeness (QED) is 0.840. The molecule has 0 spiro atoms. The van der Waals surface area contributed by atoms with Gasteiger partial charge in [-0.3, -0.25) is 4.79 Å². The standard InChI is InChI=1S/C11H20N4O2/c1-8(10(16)17)5-6-15-9(12-13-14-15)7-11(2,3)4/h8H,5-7H2,1-4H3,(H,16,17). The third-order valence-electron chi connectivity index (χ3n) is 2.49. The molecule has 1 unspecified atom stereocenters. The normalized spacial score (nSPS) is 13.6. The molecule has 1 rings (SSSR count). The summed E-state index contributed by atoms with van der Waals surface area (Å²) in [5.41, 5.74) is 0.116. The fourth-order valence-electron chi connectivity index (χ4n) is 1.44. The predicted octanol–water partition coefficient (Wildman–Crippen LogP) is 1.37. The molecule has 0 aliphatic heterocycles. The fraction of sp³-hybridized carbons (Fsp3) is 0.818. The van der Waals surface area contributed by atoms with Crippen LogP contribution in [0.4, 0.5) is 0 Å². The van der Waals surface area contributed by atoms with Gasteiger partial charge in [0.25, 0.3) is 0 Å². The number of tetrazole rings is 1. The van der Waals surface area contributed by atoms with Crippen LogP contribution >= 0.6 is 0 Å². The second-order valence-corrected chi connectivity index (χ2v) is 5.58. The molecule has 1 aromatic rings. The number of hydrogen-bond acceptors (Lipinski definition) is 4. The van der Waals surface area contributed by atoms with E-state index in [0.717, 1.165) is 12.2 Å². The van der Waals surface area contributed by atoms with Gasteiger partial charge in [-0.1, -0.05) is 27.7 Å². The molecule has 1 aromatic heterocycles. The average molecular weight is 240 g/mol. The van der Waals surface area contributed by atoms with Crippen molar-refractivity contribution in [1.82, 2.24) is 20.2 Å². The number of aryl methyl sites for hydroxylation is 1. The van der Waals surface area contributed by atoms with Crippen molar-refractivity contribution >= 4 is 5.97 Å². The predicted molar refractivity (Wildman–Crippen MR) is 62.4 cm³/mol. The first kappa shape index (κ1) is 13.6. The number of carboxylic acid groups (broad SMARTS) is 1. The molecule has 1 atom stereocenters. The maximum Gasteiger partial charge on any atom is 0.306 e. The fourth-order valence-corrected chi connectivity index (χ4v) is 1.44. The van der Waals surface area contributed by atoms with Gasteiger partial charge in [-0.15, -0.1) is 5.10 Å². The van der Waals surface area contributed by atoms with E-state index in [2.05, 4.69) is 36.3 Å². The van der Waals surface area contributed by atoms with Crippen molar-refractivity contribution in [3.05, 3.63) is 5.82 Å². The van der Waals surface area contributed by atoms with Crippen LogP contribution in [-0.2, 0) is 17.8 Å². The second-order valence-electron chi connectivity index (χ2n) is 5.58. The SMILES string of the molecule is CC(CCn1nnnc1CC(C)(C)C)C(=O)O. The third-order valence-corrected chi connectivity index (χ3v) is 2.49. The largest absolute Gasteiger partial charge is 0.481 e. The van der Waals surface area contributed by atoms with Gasteiger partial charge in [-0.25, -0.2) is 4.68 Å². The Hall–Kier alpha value is -1.46. The van der Waals surface area contributed by atoms with Crippen molar-refractivity contribution in [3.63, 3.8) is 0 Å². The van der Waals surface area contributed by atoms with Gasteiger partial charge in [-0.05, 0) is 22.3 Å². The maximum absolute atomic E-state index is 10.7. The van der Waals surface area contributed by atoms with Crippen LogP contribution in [0, 0.1) is 11.3 Å². The van der Waals surface area contributed by atoms with Crippen molar-refractivity contribution in [2.45, 2.75) is 47.1 Å². The Labute approximate surface area is 101 Å². The van der Waals surface area contributed by atoms with E-state index in [1.54, 1.807) is 11.6 Å². The first-order valence-electron chi connectivity index (χ1n) is 5.77. The summed E-state index contributed by atoms with van der Waals surface area (Å²) in [6.07, 6.45) is 1.32. The number of aliphatic carboxylic acids is 1. The molecule has 1 heterocycles. The van der Waals surface area contributed by atoms with Crippen molar-refractivity contribution in [2.24, 2.45) is 11.3 Å². The molecule has 6 nitrogen and oxygen atoms in total. The van der Waals surface area contributed by atoms with Crippen LogP contribution in [0.1, 0.15) is 39.9 Å². The molecule has 0 aliphatic carbocycles. The van der Waals surface area contributed by atoms with Gasteiger partial charge >= 0.3 is 5.97 Å². The number of hydrogen-bond donors (Lipinski definition) is 1. The van der Waals surface area contributed by atoms with E-state index in [1.807, 2.05) is 0 Å². The molecule has 0 saturated heterocycles. The van der Waals surface area contributed by atoms with E-state index < -0.39 is 5.97 Å². The molecule has 0 amide bonds. The van der Waals surface area contributed by atoms with Gasteiger partial charge in [0.2, 0.25) is 0 Å². The first-order chi connectivity index (χ1) is 7.79. The van der Waals surface area contributed by atoms with E-state index in [4.69, 9.17) is 5.11 Å². The Bertz CT molecular complexity index is 381. The van der Waals surface area contributed by atoms with Crippen LogP contribution in [0.3, 0.4) is 0 Å². The zero-order chi connectivity index (χ0) is 13.1. The minimum absolute atomic E-state index is 0.116. The van der Waals surface area contributed by atoms with Crippen LogP contribution in [0.2, 0.25) is 0 Å². The molecule has 0 aliphatic rings. The Morgan fingerprint density at radius 1 is 1.47 bits per heavy atom. The highest BCUT2D eigenvalue weighted by Gasteiger charge is 2.18. The Morgan fingerprint density at radius 2 is 2.12 bits per heavy atom. The molecule has 0 aromatic carbocycles. The lowest BCUT2D eigenvalue weighted by Crippen LogP contribution is -2.18. The number of rotatable bonds is 5. The molecule has 0 fully saturated rings. The molecule has 0 radical (unpaired) electrons. The Morgan fingerprint density at radius 3 is 2.65 bits per heavy atom. The van der Waals surface area contributed by atoms with Crippen LogP contribution in [0.5, 0.6) is 0 Å². The highest BCUT2D eigenvalue weighted by molar-refractivity contribution is 5.69. The lowest BCUT2D eigenvalue weighted by atomic mass is 9.92. The molecule has 0 bridgehead atoms. The third kappa shape index (κ3) is 4.50. The summed E-state index contributed by atoms with van der Waals surface area (Å²) in [5.74, 6) is -0.341. The zero-order valence-electron chi connectivity index (χ0n) is 10.8. The summed E-state index contributed by atoms with van der Waals surface area (Å²) >= 11 is 0. The minimum atomic E-state index is -0.782. The zero-order valence-corrected chi connectivity index (χ0v) is 10.8. The smallest absolute Gasteiger partial charge is 0.306 e. The van der Waals surface area contributed by atoms with Gasteiger partial charge in [0.05, 0.1) is 5.92 Å². The number of carboxylic acids is 1. The maximum atomic E-state index is 10.7. The number of nitrogens with zero attached hydrogens (tertiary/aromatic N) is 4. The van der Waals surface area contributed by atoms with Gasteiger partial charge in [-0.2, -0.15) is 0 Å². The lowest BCUT2D eigenvalue weighted by Gasteiger charge is -2.17. The van der Waals surface area contributed by atoms with E-state index in [1.165, 1.54) is 0 Å². The van der Waals surface area contributed by atoms with Crippen molar-refractivity contribution in [3.8, 4) is 0 Å². The summed E-state index contributed by atoms with van der Waals surface area (Å²) in [4.78, 5) is 10.7. The molecular weight excluding hydrogens is 220 g/mol. The summed E-state index contributed by atoms with van der Waals surface area (Å²) in [6.45, 7) is 8.59. The second kappa shape index (κ2) is 5.25. The topological polar surface area (TPSA) is 80.9 Å². The number of aromatic nitrogens is 4. The number of carbonyl (C=O) groups is 1. The van der Waals surface area contributed by atoms with E-state index in [-0.39, 0.29) is 11.3 Å². The highest BCUT2D eigenvalue weighted by atomic mass is 16.4. The van der Waals surface area contributed by atoms with Gasteiger partial charge in [0.1, 0.15) is 0 Å². The minimum Gasteiger partial charge on any atom is -0.481 e. The van der Waals surface area contributed by atoms with Crippen molar-refractivity contribution in [1.29, 1.82) is 0 Å². The first-order valence-corrected chi connectivity index (χ1v) is 5.77. The van der Waals surface area contributed by atoms with E-state index >= 15 is 0 Å². The average Bonchev–Trinajstić information content (AvgIpc) is 2.58. The summed E-state index contributed by atoms with van der Waals surface area (Å²) in [5, 5.41) is 20.3. The van der Waals surface area contributed by atoms with Crippen molar-refractivity contribution < 1.29 is 9.90 Å². The molecule has 1 N–H and O–H groups in total.